The molecule has 1 aromatic carbocycles. The Morgan fingerprint density at radius 2 is 2.08 bits per heavy atom. The fourth-order valence-corrected chi connectivity index (χ4v) is 3.85. The molecule has 7 heteroatoms. The highest BCUT2D eigenvalue weighted by Crippen LogP contribution is 2.34. The Morgan fingerprint density at radius 1 is 1.36 bits per heavy atom. The van der Waals surface area contributed by atoms with Gasteiger partial charge in [0.1, 0.15) is 18.0 Å². The molecule has 0 bridgehead atoms. The molecule has 1 saturated heterocycles. The predicted molar refractivity (Wildman–Crippen MR) is 94.9 cm³/mol. The van der Waals surface area contributed by atoms with Crippen LogP contribution in [0.15, 0.2) is 24.3 Å². The molecule has 4 N–H and O–H groups in total. The van der Waals surface area contributed by atoms with E-state index in [4.69, 9.17) is 10.1 Å². The molecule has 2 aliphatic rings. The summed E-state index contributed by atoms with van der Waals surface area (Å²) in [5.41, 5.74) is 1.64. The zero-order valence-corrected chi connectivity index (χ0v) is 14.5. The first-order valence-corrected chi connectivity index (χ1v) is 8.82. The third-order valence-electron chi connectivity index (χ3n) is 5.25. The number of likely N-dealkylation sites (N-methyl/N-ethyl adjacent to an activating group) is 1. The third kappa shape index (κ3) is 3.56. The van der Waals surface area contributed by atoms with Crippen molar-refractivity contribution in [1.29, 1.82) is 5.41 Å². The Bertz CT molecular complexity index is 645. The Balaban J connectivity index is 1.79. The molecule has 2 fully saturated rings. The number of benzene rings is 1. The van der Waals surface area contributed by atoms with E-state index in [0.717, 1.165) is 12.8 Å². The molecule has 1 heterocycles. The topological polar surface area (TPSA) is 97.7 Å². The zero-order chi connectivity index (χ0) is 17.9. The number of guanidine groups is 1. The number of carbonyl (C=O) groups is 1. The lowest BCUT2D eigenvalue weighted by atomic mass is 9.79. The van der Waals surface area contributed by atoms with E-state index < -0.39 is 5.54 Å². The van der Waals surface area contributed by atoms with Crippen LogP contribution in [0.5, 0.6) is 5.75 Å². The molecule has 1 saturated carbocycles. The van der Waals surface area contributed by atoms with Gasteiger partial charge in [-0.05, 0) is 24.5 Å². The van der Waals surface area contributed by atoms with Crippen LogP contribution in [0, 0.1) is 11.3 Å². The van der Waals surface area contributed by atoms with E-state index in [9.17, 15) is 10.0 Å². The first kappa shape index (κ1) is 17.5. The number of nitrogens with zero attached hydrogens (tertiary/aromatic N) is 1. The molecule has 136 valence electrons. The van der Waals surface area contributed by atoms with Crippen molar-refractivity contribution in [3.8, 4) is 5.75 Å². The number of hydrogen-bond acceptors (Lipinski definition) is 5. The van der Waals surface area contributed by atoms with Crippen LogP contribution in [0.3, 0.4) is 0 Å². The van der Waals surface area contributed by atoms with Crippen molar-refractivity contribution >= 4 is 17.6 Å². The molecule has 3 rings (SSSR count). The summed E-state index contributed by atoms with van der Waals surface area (Å²) in [6.07, 6.45) is 6.53. The van der Waals surface area contributed by atoms with E-state index >= 15 is 0 Å². The highest BCUT2D eigenvalue weighted by Gasteiger charge is 2.50. The lowest BCUT2D eigenvalue weighted by molar-refractivity contribution is -0.132. The van der Waals surface area contributed by atoms with Crippen molar-refractivity contribution in [3.63, 3.8) is 0 Å². The van der Waals surface area contributed by atoms with Crippen LogP contribution in [0.4, 0.5) is 5.69 Å². The number of nitrogens with one attached hydrogen (secondary N) is 3. The average molecular weight is 346 g/mol. The van der Waals surface area contributed by atoms with Gasteiger partial charge in [-0.1, -0.05) is 44.2 Å². The lowest BCUT2D eigenvalue weighted by Crippen LogP contribution is -2.53. The van der Waals surface area contributed by atoms with Gasteiger partial charge in [0.25, 0.3) is 5.91 Å². The van der Waals surface area contributed by atoms with E-state index in [-0.39, 0.29) is 18.5 Å². The van der Waals surface area contributed by atoms with Crippen LogP contribution in [-0.4, -0.2) is 41.2 Å². The van der Waals surface area contributed by atoms with Crippen LogP contribution in [0.2, 0.25) is 0 Å². The van der Waals surface area contributed by atoms with Gasteiger partial charge >= 0.3 is 0 Å². The maximum atomic E-state index is 12.9. The quantitative estimate of drug-likeness (QED) is 0.594. The largest absolute Gasteiger partial charge is 0.488 e. The maximum Gasteiger partial charge on any atom is 0.258 e. The smallest absolute Gasteiger partial charge is 0.258 e. The minimum Gasteiger partial charge on any atom is -0.488 e. The zero-order valence-electron chi connectivity index (χ0n) is 14.5. The molecular formula is C18H26N4O3. The molecule has 1 aliphatic heterocycles. The van der Waals surface area contributed by atoms with Crippen LogP contribution in [-0.2, 0) is 4.79 Å². The molecular weight excluding hydrogens is 320 g/mol. The van der Waals surface area contributed by atoms with Gasteiger partial charge in [-0.3, -0.25) is 25.8 Å². The molecule has 1 aromatic rings. The summed E-state index contributed by atoms with van der Waals surface area (Å²) in [4.78, 5) is 14.2. The monoisotopic (exact) mass is 346 g/mol. The minimum absolute atomic E-state index is 0.109. The minimum atomic E-state index is -0.920. The highest BCUT2D eigenvalue weighted by atomic mass is 16.5. The van der Waals surface area contributed by atoms with E-state index in [0.29, 0.717) is 23.8 Å². The molecule has 0 radical (unpaired) electrons. The predicted octanol–water partition coefficient (Wildman–Crippen LogP) is 2.57. The molecule has 1 unspecified atom stereocenters. The van der Waals surface area contributed by atoms with Gasteiger partial charge in [0.05, 0.1) is 0 Å². The highest BCUT2D eigenvalue weighted by molar-refractivity contribution is 6.07. The summed E-state index contributed by atoms with van der Waals surface area (Å²) in [6, 6.07) is 7.02. The van der Waals surface area contributed by atoms with E-state index in [1.54, 1.807) is 25.2 Å². The maximum absolute atomic E-state index is 12.9. The number of hydrogen-bond donors (Lipinski definition) is 4. The summed E-state index contributed by atoms with van der Waals surface area (Å²) in [5.74, 6) is 0.915. The average Bonchev–Trinajstić information content (AvgIpc) is 2.85. The summed E-state index contributed by atoms with van der Waals surface area (Å²) < 4.78 is 5.89. The number of rotatable bonds is 6. The number of anilines is 1. The van der Waals surface area contributed by atoms with Gasteiger partial charge in [-0.2, -0.15) is 0 Å². The summed E-state index contributed by atoms with van der Waals surface area (Å²) in [5, 5.41) is 20.3. The Kier molecular flexibility index (Phi) is 5.13. The van der Waals surface area contributed by atoms with Crippen LogP contribution in [0.25, 0.3) is 0 Å². The molecule has 1 amide bonds. The number of para-hydroxylation sites is 2. The van der Waals surface area contributed by atoms with E-state index in [1.807, 2.05) is 6.07 Å². The Labute approximate surface area is 147 Å². The normalized spacial score (nSPS) is 24.3. The van der Waals surface area contributed by atoms with Crippen LogP contribution < -0.4 is 15.5 Å². The lowest BCUT2D eigenvalue weighted by Gasteiger charge is -2.32. The van der Waals surface area contributed by atoms with Gasteiger partial charge in [0.2, 0.25) is 0 Å². The molecule has 1 atom stereocenters. The Hall–Kier alpha value is -2.28. The van der Waals surface area contributed by atoms with Gasteiger partial charge in [-0.25, -0.2) is 0 Å². The Morgan fingerprint density at radius 3 is 2.72 bits per heavy atom. The van der Waals surface area contributed by atoms with Crippen molar-refractivity contribution in [3.05, 3.63) is 24.3 Å². The van der Waals surface area contributed by atoms with Crippen molar-refractivity contribution in [2.75, 3.05) is 19.1 Å². The number of ether oxygens (including phenoxy) is 1. The molecule has 1 aliphatic carbocycles. The molecule has 7 nitrogen and oxygen atoms in total. The fourth-order valence-electron chi connectivity index (χ4n) is 3.85. The number of carbonyl (C=O) groups excluding carboxylic acids is 1. The van der Waals surface area contributed by atoms with Gasteiger partial charge in [0, 0.05) is 7.05 Å². The molecule has 25 heavy (non-hydrogen) atoms. The summed E-state index contributed by atoms with van der Waals surface area (Å²) in [7, 11) is 1.61. The second-order valence-electron chi connectivity index (χ2n) is 7.02. The number of amides is 1. The van der Waals surface area contributed by atoms with Crippen molar-refractivity contribution < 1.29 is 14.7 Å². The van der Waals surface area contributed by atoms with Crippen molar-refractivity contribution in [2.24, 2.45) is 5.92 Å². The molecule has 0 spiro atoms. The standard InChI is InChI=1S/C18H26N4O3/c1-22-16(23)18(20-17(22)19,11-13-7-3-2-4-8-13)12-25-15-10-6-5-9-14(15)21-24/h5-6,9-10,13,21,24H,2-4,7-8,11-12H2,1H3,(H2,19,20). The fraction of sp³-hybridized carbons (Fsp3) is 0.556. The van der Waals surface area contributed by atoms with E-state index in [2.05, 4.69) is 10.8 Å². The second kappa shape index (κ2) is 7.31. The molecule has 0 aromatic heterocycles. The first-order chi connectivity index (χ1) is 12.1. The van der Waals surface area contributed by atoms with Gasteiger partial charge in [0.15, 0.2) is 11.5 Å². The SMILES string of the molecule is CN1C(=N)NC(COc2ccccc2NO)(CC2CCCCC2)C1=O. The van der Waals surface area contributed by atoms with E-state index in [1.165, 1.54) is 24.2 Å². The first-order valence-electron chi connectivity index (χ1n) is 8.82. The summed E-state index contributed by atoms with van der Waals surface area (Å²) in [6.45, 7) is 0.119. The summed E-state index contributed by atoms with van der Waals surface area (Å²) >= 11 is 0. The van der Waals surface area contributed by atoms with Gasteiger partial charge in [-0.15, -0.1) is 0 Å². The van der Waals surface area contributed by atoms with Crippen LogP contribution >= 0.6 is 0 Å². The second-order valence-corrected chi connectivity index (χ2v) is 7.02. The van der Waals surface area contributed by atoms with Crippen molar-refractivity contribution in [2.45, 2.75) is 44.1 Å². The van der Waals surface area contributed by atoms with Crippen LogP contribution in [0.1, 0.15) is 38.5 Å². The van der Waals surface area contributed by atoms with Crippen molar-refractivity contribution in [1.82, 2.24) is 10.2 Å². The van der Waals surface area contributed by atoms with Gasteiger partial charge < -0.3 is 10.1 Å². The third-order valence-corrected chi connectivity index (χ3v) is 5.25.